The number of benzene rings is 2. The largest absolute Gasteiger partial charge is 0.297 e. The van der Waals surface area contributed by atoms with E-state index in [1.165, 1.54) is 12.1 Å². The molecular weight excluding hydrogens is 433 g/mol. The van der Waals surface area contributed by atoms with Crippen molar-refractivity contribution in [1.29, 1.82) is 0 Å². The second-order valence-electron chi connectivity index (χ2n) is 9.42. The number of imide groups is 1. The van der Waals surface area contributed by atoms with E-state index in [1.54, 1.807) is 32.0 Å². The van der Waals surface area contributed by atoms with Crippen molar-refractivity contribution in [3.63, 3.8) is 0 Å². The van der Waals surface area contributed by atoms with Crippen LogP contribution in [0.4, 0.5) is 10.1 Å². The molecule has 3 aliphatic rings. The minimum absolute atomic E-state index is 0.160. The van der Waals surface area contributed by atoms with Crippen molar-refractivity contribution < 1.29 is 18.8 Å². The van der Waals surface area contributed by atoms with Crippen molar-refractivity contribution in [3.05, 3.63) is 64.4 Å². The number of hydrogen-bond donors (Lipinski definition) is 0. The van der Waals surface area contributed by atoms with Gasteiger partial charge in [0.1, 0.15) is 11.9 Å². The number of nitrogens with zero attached hydrogens (tertiary/aromatic N) is 3. The van der Waals surface area contributed by atoms with Crippen molar-refractivity contribution in [2.75, 3.05) is 4.90 Å². The van der Waals surface area contributed by atoms with Gasteiger partial charge in [-0.2, -0.15) is 5.10 Å². The number of carbonyl (C=O) groups is 3. The number of anilines is 1. The highest BCUT2D eigenvalue weighted by Gasteiger charge is 2.66. The van der Waals surface area contributed by atoms with E-state index in [0.29, 0.717) is 0 Å². The van der Waals surface area contributed by atoms with Crippen LogP contribution < -0.4 is 4.90 Å². The van der Waals surface area contributed by atoms with Crippen LogP contribution in [0.1, 0.15) is 37.9 Å². The molecule has 6 nitrogen and oxygen atoms in total. The van der Waals surface area contributed by atoms with Gasteiger partial charge in [-0.05, 0) is 29.3 Å². The van der Waals surface area contributed by atoms with Gasteiger partial charge in [0.15, 0.2) is 5.78 Å². The molecule has 8 heteroatoms. The van der Waals surface area contributed by atoms with E-state index in [0.717, 1.165) is 22.1 Å². The van der Waals surface area contributed by atoms with Gasteiger partial charge in [0, 0.05) is 5.41 Å². The first-order chi connectivity index (χ1) is 15.1. The minimum Gasteiger partial charge on any atom is -0.297 e. The van der Waals surface area contributed by atoms with Crippen LogP contribution in [0.25, 0.3) is 0 Å². The fraction of sp³-hybridized carbons (Fsp3) is 0.333. The molecule has 164 valence electrons. The maximum Gasteiger partial charge on any atom is 0.240 e. The van der Waals surface area contributed by atoms with Gasteiger partial charge in [-0.1, -0.05) is 56.6 Å². The predicted molar refractivity (Wildman–Crippen MR) is 118 cm³/mol. The summed E-state index contributed by atoms with van der Waals surface area (Å²) in [6, 6.07) is 9.83. The third-order valence-electron chi connectivity index (χ3n) is 6.46. The Labute approximate surface area is 189 Å². The molecule has 2 aromatic rings. The molecule has 0 bridgehead atoms. The maximum atomic E-state index is 13.7. The van der Waals surface area contributed by atoms with Crippen molar-refractivity contribution in [3.8, 4) is 0 Å². The standard InChI is InChI=1S/C24H21ClFN3O3/c1-24(2,3)21(30)20-18-17(19-14-7-5-4-6-12(14)11-27-29(19)20)22(31)28(23(18)32)13-8-9-16(26)15(25)10-13/h4-11,17-20H,1-3H3/t17-,18+,19-,20-/m1/s1. The van der Waals surface area contributed by atoms with Crippen molar-refractivity contribution in [1.82, 2.24) is 5.01 Å². The number of ketones is 1. The van der Waals surface area contributed by atoms with Crippen molar-refractivity contribution in [2.24, 2.45) is 22.4 Å². The molecule has 0 aromatic heterocycles. The summed E-state index contributed by atoms with van der Waals surface area (Å²) in [6.45, 7) is 5.37. The van der Waals surface area contributed by atoms with Gasteiger partial charge in [0.25, 0.3) is 0 Å². The molecule has 5 rings (SSSR count). The van der Waals surface area contributed by atoms with E-state index < -0.39 is 47.0 Å². The van der Waals surface area contributed by atoms with Crippen LogP contribution in [0, 0.1) is 23.1 Å². The Balaban J connectivity index is 1.67. The zero-order valence-electron chi connectivity index (χ0n) is 17.8. The summed E-state index contributed by atoms with van der Waals surface area (Å²) in [5, 5.41) is 5.97. The van der Waals surface area contributed by atoms with Gasteiger partial charge < -0.3 is 0 Å². The monoisotopic (exact) mass is 453 g/mol. The van der Waals surface area contributed by atoms with E-state index in [1.807, 2.05) is 24.3 Å². The molecule has 32 heavy (non-hydrogen) atoms. The van der Waals surface area contributed by atoms with Gasteiger partial charge in [0.05, 0.1) is 34.8 Å². The number of halogens is 2. The number of hydrazone groups is 1. The van der Waals surface area contributed by atoms with Gasteiger partial charge in [-0.25, -0.2) is 9.29 Å². The molecule has 4 atom stereocenters. The summed E-state index contributed by atoms with van der Waals surface area (Å²) in [7, 11) is 0. The number of amides is 2. The zero-order chi connectivity index (χ0) is 22.9. The second kappa shape index (κ2) is 6.97. The van der Waals surface area contributed by atoms with Crippen LogP contribution in [0.15, 0.2) is 47.6 Å². The molecule has 0 spiro atoms. The Kier molecular flexibility index (Phi) is 4.53. The normalized spacial score (nSPS) is 26.3. The molecule has 0 unspecified atom stereocenters. The van der Waals surface area contributed by atoms with Gasteiger partial charge in [-0.3, -0.25) is 19.4 Å². The quantitative estimate of drug-likeness (QED) is 0.645. The Bertz CT molecular complexity index is 1210. The topological polar surface area (TPSA) is 70.0 Å². The predicted octanol–water partition coefficient (Wildman–Crippen LogP) is 3.97. The summed E-state index contributed by atoms with van der Waals surface area (Å²) < 4.78 is 13.7. The Morgan fingerprint density at radius 2 is 1.75 bits per heavy atom. The minimum atomic E-state index is -0.897. The fourth-order valence-corrected chi connectivity index (χ4v) is 5.17. The average Bonchev–Trinajstić information content (AvgIpc) is 3.22. The third kappa shape index (κ3) is 2.84. The fourth-order valence-electron chi connectivity index (χ4n) is 4.99. The lowest BCUT2D eigenvalue weighted by Gasteiger charge is -2.35. The number of carbonyl (C=O) groups excluding carboxylic acids is 3. The zero-order valence-corrected chi connectivity index (χ0v) is 18.5. The van der Waals surface area contributed by atoms with Crippen LogP contribution in [-0.2, 0) is 14.4 Å². The summed E-state index contributed by atoms with van der Waals surface area (Å²) >= 11 is 5.92. The Morgan fingerprint density at radius 1 is 1.06 bits per heavy atom. The summed E-state index contributed by atoms with van der Waals surface area (Å²) in [6.07, 6.45) is 1.67. The second-order valence-corrected chi connectivity index (χ2v) is 9.83. The van der Waals surface area contributed by atoms with Crippen LogP contribution in [0.5, 0.6) is 0 Å². The Hall–Kier alpha value is -3.06. The highest BCUT2D eigenvalue weighted by molar-refractivity contribution is 6.31. The number of Topliss-reactive ketones (excluding diaryl/α,β-unsaturated/α-hetero) is 1. The van der Waals surface area contributed by atoms with Gasteiger partial charge in [-0.15, -0.1) is 0 Å². The average molecular weight is 454 g/mol. The SMILES string of the molecule is CC(C)(C)C(=O)[C@H]1[C@H]2C(=O)N(c3ccc(F)c(Cl)c3)C(=O)[C@H]2[C@H]2c3ccccc3C=NN21. The first kappa shape index (κ1) is 20.8. The van der Waals surface area contributed by atoms with E-state index in [-0.39, 0.29) is 16.5 Å². The first-order valence-corrected chi connectivity index (χ1v) is 10.8. The first-order valence-electron chi connectivity index (χ1n) is 10.4. The summed E-state index contributed by atoms with van der Waals surface area (Å²) in [4.78, 5) is 41.8. The molecule has 2 aromatic carbocycles. The Morgan fingerprint density at radius 3 is 2.44 bits per heavy atom. The number of rotatable bonds is 2. The van der Waals surface area contributed by atoms with Crippen LogP contribution in [-0.4, -0.2) is 34.9 Å². The highest BCUT2D eigenvalue weighted by Crippen LogP contribution is 2.53. The van der Waals surface area contributed by atoms with Crippen molar-refractivity contribution in [2.45, 2.75) is 32.9 Å². The molecule has 0 radical (unpaired) electrons. The van der Waals surface area contributed by atoms with Crippen LogP contribution >= 0.6 is 11.6 Å². The summed E-state index contributed by atoms with van der Waals surface area (Å²) in [5.74, 6) is -3.42. The van der Waals surface area contributed by atoms with E-state index in [4.69, 9.17) is 11.6 Å². The van der Waals surface area contributed by atoms with Gasteiger partial charge in [0.2, 0.25) is 11.8 Å². The number of fused-ring (bicyclic) bond motifs is 5. The van der Waals surface area contributed by atoms with Crippen LogP contribution in [0.2, 0.25) is 5.02 Å². The molecule has 2 saturated heterocycles. The van der Waals surface area contributed by atoms with Crippen molar-refractivity contribution >= 4 is 41.1 Å². The van der Waals surface area contributed by atoms with Gasteiger partial charge >= 0.3 is 0 Å². The molecule has 3 aliphatic heterocycles. The van der Waals surface area contributed by atoms with E-state index >= 15 is 0 Å². The van der Waals surface area contributed by atoms with E-state index in [2.05, 4.69) is 5.10 Å². The highest BCUT2D eigenvalue weighted by atomic mass is 35.5. The molecule has 0 saturated carbocycles. The third-order valence-corrected chi connectivity index (χ3v) is 6.75. The van der Waals surface area contributed by atoms with E-state index in [9.17, 15) is 18.8 Å². The number of hydrogen-bond acceptors (Lipinski definition) is 5. The molecule has 2 fully saturated rings. The molecule has 3 heterocycles. The maximum absolute atomic E-state index is 13.7. The molecular formula is C24H21ClFN3O3. The molecule has 0 aliphatic carbocycles. The smallest absolute Gasteiger partial charge is 0.240 e. The lowest BCUT2D eigenvalue weighted by atomic mass is 9.79. The molecule has 0 N–H and O–H groups in total. The summed E-state index contributed by atoms with van der Waals surface area (Å²) in [5.41, 5.74) is 1.15. The van der Waals surface area contributed by atoms with Crippen LogP contribution in [0.3, 0.4) is 0 Å². The molecule has 2 amide bonds. The lowest BCUT2D eigenvalue weighted by Crippen LogP contribution is -2.48. The lowest BCUT2D eigenvalue weighted by molar-refractivity contribution is -0.136.